The fourth-order valence-corrected chi connectivity index (χ4v) is 2.58. The average Bonchev–Trinajstić information content (AvgIpc) is 2.73. The summed E-state index contributed by atoms with van der Waals surface area (Å²) in [4.78, 5) is 23.8. The number of carbonyl (C=O) groups is 2. The molecular weight excluding hydrogens is 376 g/mol. The molecule has 29 heavy (non-hydrogen) atoms. The van der Waals surface area contributed by atoms with Crippen LogP contribution in [0.4, 0.5) is 5.69 Å². The second-order valence-electron chi connectivity index (χ2n) is 6.05. The zero-order valence-corrected chi connectivity index (χ0v) is 16.8. The number of hydrogen-bond acceptors (Lipinski definition) is 7. The minimum atomic E-state index is -0.475. The average molecular weight is 402 g/mol. The van der Waals surface area contributed by atoms with Gasteiger partial charge < -0.3 is 30.0 Å². The van der Waals surface area contributed by atoms with Gasteiger partial charge in [-0.15, -0.1) is 0 Å². The van der Waals surface area contributed by atoms with Crippen LogP contribution in [0.25, 0.3) is 0 Å². The summed E-state index contributed by atoms with van der Waals surface area (Å²) >= 11 is 0. The van der Waals surface area contributed by atoms with Gasteiger partial charge in [0.05, 0.1) is 32.1 Å². The number of nitrogens with one attached hydrogen (secondary N) is 1. The van der Waals surface area contributed by atoms with E-state index in [1.54, 1.807) is 27.2 Å². The lowest BCUT2D eigenvalue weighted by Gasteiger charge is -2.12. The Morgan fingerprint density at radius 1 is 1.00 bits per heavy atom. The molecule has 0 radical (unpaired) electrons. The van der Waals surface area contributed by atoms with Crippen LogP contribution < -0.4 is 25.3 Å². The van der Waals surface area contributed by atoms with Gasteiger partial charge in [-0.3, -0.25) is 4.79 Å². The van der Waals surface area contributed by atoms with Crippen LogP contribution in [0.2, 0.25) is 0 Å². The van der Waals surface area contributed by atoms with Crippen molar-refractivity contribution in [3.05, 3.63) is 47.5 Å². The van der Waals surface area contributed by atoms with E-state index in [4.69, 9.17) is 24.7 Å². The first kappa shape index (κ1) is 21.9. The van der Waals surface area contributed by atoms with Gasteiger partial charge in [-0.2, -0.15) is 0 Å². The number of methoxy groups -OCH3 is 2. The zero-order valence-electron chi connectivity index (χ0n) is 16.8. The highest BCUT2D eigenvalue weighted by molar-refractivity contribution is 5.90. The van der Waals surface area contributed by atoms with Crippen molar-refractivity contribution in [3.63, 3.8) is 0 Å². The first-order chi connectivity index (χ1) is 14.0. The van der Waals surface area contributed by atoms with Crippen LogP contribution in [-0.4, -0.2) is 45.9 Å². The van der Waals surface area contributed by atoms with E-state index in [1.165, 1.54) is 12.1 Å². The molecule has 0 atom stereocenters. The molecule has 0 saturated carbocycles. The van der Waals surface area contributed by atoms with E-state index in [2.05, 4.69) is 5.32 Å². The molecule has 0 aromatic heterocycles. The number of esters is 1. The van der Waals surface area contributed by atoms with Crippen molar-refractivity contribution in [1.29, 1.82) is 0 Å². The SMILES string of the molecule is CCOC(=O)c1ccc(N)c(OCC(=O)NCCc2ccc(OC)c(OC)c2)c1. The van der Waals surface area contributed by atoms with Crippen molar-refractivity contribution in [2.75, 3.05) is 39.7 Å². The maximum atomic E-state index is 12.0. The Kier molecular flexibility index (Phi) is 8.14. The lowest BCUT2D eigenvalue weighted by molar-refractivity contribution is -0.123. The summed E-state index contributed by atoms with van der Waals surface area (Å²) < 4.78 is 20.9. The standard InChI is InChI=1S/C21H26N2O6/c1-4-28-21(25)15-6-7-16(22)18(12-15)29-13-20(24)23-10-9-14-5-8-17(26-2)19(11-14)27-3/h5-8,11-12H,4,9-10,13,22H2,1-3H3,(H,23,24). The van der Waals surface area contributed by atoms with E-state index in [0.29, 0.717) is 35.7 Å². The molecular formula is C21H26N2O6. The van der Waals surface area contributed by atoms with Crippen LogP contribution in [0.1, 0.15) is 22.8 Å². The number of rotatable bonds is 10. The topological polar surface area (TPSA) is 109 Å². The first-order valence-corrected chi connectivity index (χ1v) is 9.15. The maximum absolute atomic E-state index is 12.0. The Labute approximate surface area is 169 Å². The lowest BCUT2D eigenvalue weighted by atomic mass is 10.1. The van der Waals surface area contributed by atoms with E-state index < -0.39 is 5.97 Å². The highest BCUT2D eigenvalue weighted by Gasteiger charge is 2.12. The fourth-order valence-electron chi connectivity index (χ4n) is 2.58. The largest absolute Gasteiger partial charge is 0.493 e. The van der Waals surface area contributed by atoms with Gasteiger partial charge in [0.25, 0.3) is 5.91 Å². The minimum absolute atomic E-state index is 0.220. The molecule has 2 rings (SSSR count). The summed E-state index contributed by atoms with van der Waals surface area (Å²) in [5.41, 5.74) is 7.48. The van der Waals surface area contributed by atoms with Crippen LogP contribution in [0, 0.1) is 0 Å². The predicted molar refractivity (Wildman–Crippen MR) is 109 cm³/mol. The highest BCUT2D eigenvalue weighted by atomic mass is 16.5. The van der Waals surface area contributed by atoms with E-state index >= 15 is 0 Å². The third-order valence-electron chi connectivity index (χ3n) is 4.07. The summed E-state index contributed by atoms with van der Waals surface area (Å²) in [6.07, 6.45) is 0.618. The lowest BCUT2D eigenvalue weighted by Crippen LogP contribution is -2.30. The quantitative estimate of drug-likeness (QED) is 0.463. The zero-order chi connectivity index (χ0) is 21.2. The van der Waals surface area contributed by atoms with E-state index in [9.17, 15) is 9.59 Å². The molecule has 0 bridgehead atoms. The predicted octanol–water partition coefficient (Wildman–Crippen LogP) is 2.20. The maximum Gasteiger partial charge on any atom is 0.338 e. The monoisotopic (exact) mass is 402 g/mol. The molecule has 156 valence electrons. The Morgan fingerprint density at radius 2 is 1.76 bits per heavy atom. The van der Waals surface area contributed by atoms with E-state index in [1.807, 2.05) is 18.2 Å². The summed E-state index contributed by atoms with van der Waals surface area (Å²) in [7, 11) is 3.15. The number of nitrogens with two attached hydrogens (primary N) is 1. The summed E-state index contributed by atoms with van der Waals surface area (Å²) in [6, 6.07) is 10.1. The van der Waals surface area contributed by atoms with Crippen molar-refractivity contribution in [3.8, 4) is 17.2 Å². The van der Waals surface area contributed by atoms with Crippen LogP contribution in [-0.2, 0) is 16.0 Å². The van der Waals surface area contributed by atoms with Gasteiger partial charge in [0.1, 0.15) is 5.75 Å². The highest BCUT2D eigenvalue weighted by Crippen LogP contribution is 2.27. The second-order valence-corrected chi connectivity index (χ2v) is 6.05. The molecule has 8 heteroatoms. The van der Waals surface area contributed by atoms with E-state index in [-0.39, 0.29) is 24.9 Å². The number of hydrogen-bond donors (Lipinski definition) is 2. The molecule has 0 aliphatic carbocycles. The third-order valence-corrected chi connectivity index (χ3v) is 4.07. The van der Waals surface area contributed by atoms with Crippen molar-refractivity contribution < 1.29 is 28.5 Å². The van der Waals surface area contributed by atoms with Gasteiger partial charge in [0.15, 0.2) is 18.1 Å². The summed E-state index contributed by atoms with van der Waals surface area (Å²) in [5, 5.41) is 2.78. The second kappa shape index (κ2) is 10.8. The van der Waals surface area contributed by atoms with Gasteiger partial charge in [-0.05, 0) is 49.2 Å². The van der Waals surface area contributed by atoms with Crippen molar-refractivity contribution >= 4 is 17.6 Å². The molecule has 2 aromatic rings. The molecule has 0 spiro atoms. The molecule has 2 aromatic carbocycles. The summed E-state index contributed by atoms with van der Waals surface area (Å²) in [6.45, 7) is 2.19. The molecule has 0 unspecified atom stereocenters. The molecule has 0 heterocycles. The Balaban J connectivity index is 1.84. The Hall–Kier alpha value is -3.42. The normalized spacial score (nSPS) is 10.2. The fraction of sp³-hybridized carbons (Fsp3) is 0.333. The molecule has 0 fully saturated rings. The van der Waals surface area contributed by atoms with Gasteiger partial charge >= 0.3 is 5.97 Å². The summed E-state index contributed by atoms with van der Waals surface area (Å²) in [5.74, 6) is 0.765. The van der Waals surface area contributed by atoms with Gasteiger partial charge in [-0.1, -0.05) is 6.07 Å². The first-order valence-electron chi connectivity index (χ1n) is 9.15. The number of ether oxygens (including phenoxy) is 4. The molecule has 0 saturated heterocycles. The van der Waals surface area contributed by atoms with Crippen LogP contribution in [0.3, 0.4) is 0 Å². The number of amides is 1. The molecule has 3 N–H and O–H groups in total. The van der Waals surface area contributed by atoms with Gasteiger partial charge in [-0.25, -0.2) is 4.79 Å². The Morgan fingerprint density at radius 3 is 2.45 bits per heavy atom. The van der Waals surface area contributed by atoms with Crippen LogP contribution >= 0.6 is 0 Å². The molecule has 0 aliphatic heterocycles. The molecule has 0 aliphatic rings. The van der Waals surface area contributed by atoms with Crippen LogP contribution in [0.5, 0.6) is 17.2 Å². The number of benzene rings is 2. The van der Waals surface area contributed by atoms with Gasteiger partial charge in [0, 0.05) is 6.54 Å². The molecule has 8 nitrogen and oxygen atoms in total. The van der Waals surface area contributed by atoms with Crippen LogP contribution in [0.15, 0.2) is 36.4 Å². The number of nitrogen functional groups attached to an aromatic ring is 1. The smallest absolute Gasteiger partial charge is 0.338 e. The van der Waals surface area contributed by atoms with Gasteiger partial charge in [0.2, 0.25) is 0 Å². The molecule has 1 amide bonds. The third kappa shape index (κ3) is 6.31. The van der Waals surface area contributed by atoms with E-state index in [0.717, 1.165) is 5.56 Å². The number of anilines is 1. The number of carbonyl (C=O) groups excluding carboxylic acids is 2. The van der Waals surface area contributed by atoms with Crippen molar-refractivity contribution in [2.24, 2.45) is 0 Å². The Bertz CT molecular complexity index is 853. The van der Waals surface area contributed by atoms with Crippen molar-refractivity contribution in [2.45, 2.75) is 13.3 Å². The van der Waals surface area contributed by atoms with Crippen molar-refractivity contribution in [1.82, 2.24) is 5.32 Å². The minimum Gasteiger partial charge on any atom is -0.493 e.